The molecule has 6 aliphatic carbocycles. The van der Waals surface area contributed by atoms with Gasteiger partial charge in [0.1, 0.15) is 11.5 Å². The molecule has 4 bridgehead atoms. The molecule has 2 heterocycles. The fraction of sp³-hybridized carbons (Fsp3) is 0.218. The zero-order valence-corrected chi connectivity index (χ0v) is 32.7. The summed E-state index contributed by atoms with van der Waals surface area (Å²) in [5, 5.41) is 2.36. The van der Waals surface area contributed by atoms with Crippen LogP contribution in [0.4, 0.5) is 0 Å². The van der Waals surface area contributed by atoms with Crippen molar-refractivity contribution in [1.82, 2.24) is 15.0 Å². The summed E-state index contributed by atoms with van der Waals surface area (Å²) in [6.45, 7) is 0. The molecule has 5 atom stereocenters. The highest BCUT2D eigenvalue weighted by Crippen LogP contribution is 2.78. The topological polar surface area (TPSA) is 47.9 Å². The molecule has 1 aromatic heterocycles. The van der Waals surface area contributed by atoms with Crippen molar-refractivity contribution in [3.63, 3.8) is 0 Å². The SMILES string of the molecule is c1ccc2c(c1)Oc1ccc(-c3nc(-c4ccc(C56CC7C8C[C@@H](C5)CC7(C8)C6)cc4)nc(-c4ccc5ccccc5c4)n3)cc1C21c2ccccc2-c2ccccc21. The molecule has 2 spiro atoms. The molecular weight excluding hydrogens is 719 g/mol. The Morgan fingerprint density at radius 1 is 0.475 bits per heavy atom. The Labute approximate surface area is 344 Å². The van der Waals surface area contributed by atoms with Crippen molar-refractivity contribution in [3.8, 4) is 56.8 Å². The third-order valence-electron chi connectivity index (χ3n) is 15.8. The highest BCUT2D eigenvalue weighted by Gasteiger charge is 2.70. The van der Waals surface area contributed by atoms with Gasteiger partial charge >= 0.3 is 0 Å². The Kier molecular flexibility index (Phi) is 6.30. The van der Waals surface area contributed by atoms with E-state index >= 15 is 0 Å². The lowest BCUT2D eigenvalue weighted by molar-refractivity contribution is -0.104. The van der Waals surface area contributed by atoms with Gasteiger partial charge in [-0.05, 0) is 136 Å². The first kappa shape index (κ1) is 32.6. The number of hydrogen-bond acceptors (Lipinski definition) is 4. The van der Waals surface area contributed by atoms with Gasteiger partial charge in [0, 0.05) is 27.8 Å². The summed E-state index contributed by atoms with van der Waals surface area (Å²) in [5.41, 5.74) is 12.2. The standard InChI is InChI=1S/C55H41N3O/c1-2-10-36-26-37(18-17-34(36)9-1)51-56-50(35-19-22-40(23-20-35)53-28-33-25-39-30-54(29-33,32-53)47(39)31-53)57-52(58-51)38-21-24-49-46(27-38)55(45-15-7-8-16-48(45)59-49)43-13-5-3-11-41(43)42-12-4-6-14-44(42)55/h1-24,26-27,33,39,47H,25,28-32H2/t33-,39?,47?,53?,54?/m0/s1. The van der Waals surface area contributed by atoms with Crippen LogP contribution in [-0.2, 0) is 10.8 Å². The normalized spacial score (nSPS) is 25.5. The maximum absolute atomic E-state index is 6.77. The van der Waals surface area contributed by atoms with Gasteiger partial charge in [-0.3, -0.25) is 0 Å². The van der Waals surface area contributed by atoms with Crippen molar-refractivity contribution in [2.24, 2.45) is 23.2 Å². The molecule has 4 unspecified atom stereocenters. The van der Waals surface area contributed by atoms with Gasteiger partial charge in [0.25, 0.3) is 0 Å². The van der Waals surface area contributed by atoms with Crippen LogP contribution in [-0.4, -0.2) is 15.0 Å². The molecule has 5 fully saturated rings. The fourth-order valence-electron chi connectivity index (χ4n) is 13.8. The summed E-state index contributed by atoms with van der Waals surface area (Å²) < 4.78 is 6.77. The van der Waals surface area contributed by atoms with Crippen molar-refractivity contribution in [1.29, 1.82) is 0 Å². The molecule has 0 N–H and O–H groups in total. The third kappa shape index (κ3) is 4.31. The smallest absolute Gasteiger partial charge is 0.164 e. The molecule has 8 aromatic rings. The highest BCUT2D eigenvalue weighted by molar-refractivity contribution is 5.89. The van der Waals surface area contributed by atoms with Gasteiger partial charge in [-0.2, -0.15) is 0 Å². The monoisotopic (exact) mass is 759 g/mol. The molecule has 7 aromatic carbocycles. The molecule has 15 rings (SSSR count). The molecule has 59 heavy (non-hydrogen) atoms. The highest BCUT2D eigenvalue weighted by atomic mass is 16.5. The van der Waals surface area contributed by atoms with Gasteiger partial charge in [0.05, 0.1) is 5.41 Å². The number of rotatable bonds is 4. The van der Waals surface area contributed by atoms with E-state index in [-0.39, 0.29) is 0 Å². The number of benzene rings is 7. The van der Waals surface area contributed by atoms with Gasteiger partial charge in [-0.25, -0.2) is 15.0 Å². The summed E-state index contributed by atoms with van der Waals surface area (Å²) >= 11 is 0. The number of ether oxygens (including phenoxy) is 1. The first-order valence-electron chi connectivity index (χ1n) is 21.5. The summed E-state index contributed by atoms with van der Waals surface area (Å²) in [5.74, 6) is 6.61. The van der Waals surface area contributed by atoms with Gasteiger partial charge < -0.3 is 4.74 Å². The average molecular weight is 760 g/mol. The average Bonchev–Trinajstić information content (AvgIpc) is 3.64. The summed E-state index contributed by atoms with van der Waals surface area (Å²) in [7, 11) is 0. The minimum absolute atomic E-state index is 0.342. The van der Waals surface area contributed by atoms with Crippen LogP contribution in [0.25, 0.3) is 56.1 Å². The van der Waals surface area contributed by atoms with Crippen LogP contribution in [0, 0.1) is 23.2 Å². The lowest BCUT2D eigenvalue weighted by Gasteiger charge is -2.60. The van der Waals surface area contributed by atoms with Gasteiger partial charge in [-0.1, -0.05) is 127 Å². The minimum Gasteiger partial charge on any atom is -0.457 e. The lowest BCUT2D eigenvalue weighted by Crippen LogP contribution is -2.52. The van der Waals surface area contributed by atoms with E-state index in [1.54, 1.807) is 0 Å². The Morgan fingerprint density at radius 2 is 1.08 bits per heavy atom. The molecule has 0 radical (unpaired) electrons. The maximum Gasteiger partial charge on any atom is 0.164 e. The number of hydrogen-bond donors (Lipinski definition) is 0. The van der Waals surface area contributed by atoms with E-state index < -0.39 is 5.41 Å². The van der Waals surface area contributed by atoms with Crippen LogP contribution in [0.5, 0.6) is 11.5 Å². The number of fused-ring (bicyclic) bond motifs is 11. The van der Waals surface area contributed by atoms with E-state index in [0.717, 1.165) is 62.5 Å². The van der Waals surface area contributed by atoms with Crippen molar-refractivity contribution in [2.75, 3.05) is 0 Å². The zero-order valence-electron chi connectivity index (χ0n) is 32.7. The first-order chi connectivity index (χ1) is 29.1. The summed E-state index contributed by atoms with van der Waals surface area (Å²) in [6, 6.07) is 57.2. The second kappa shape index (κ2) is 11.4. The van der Waals surface area contributed by atoms with Crippen LogP contribution < -0.4 is 4.74 Å². The minimum atomic E-state index is -0.572. The van der Waals surface area contributed by atoms with Crippen LogP contribution in [0.1, 0.15) is 66.3 Å². The summed E-state index contributed by atoms with van der Waals surface area (Å²) in [4.78, 5) is 15.9. The zero-order chi connectivity index (χ0) is 38.5. The maximum atomic E-state index is 6.77. The van der Waals surface area contributed by atoms with Gasteiger partial charge in [-0.15, -0.1) is 0 Å². The van der Waals surface area contributed by atoms with Crippen molar-refractivity contribution in [3.05, 3.63) is 186 Å². The molecule has 1 aliphatic heterocycles. The van der Waals surface area contributed by atoms with E-state index in [1.807, 2.05) is 0 Å². The third-order valence-corrected chi connectivity index (χ3v) is 15.8. The Hall–Kier alpha value is -6.39. The molecule has 0 amide bonds. The number of nitrogens with zero attached hydrogens (tertiary/aromatic N) is 3. The molecule has 4 heteroatoms. The molecular formula is C55H41N3O. The van der Waals surface area contributed by atoms with Crippen molar-refractivity contribution >= 4 is 10.8 Å². The predicted molar refractivity (Wildman–Crippen MR) is 233 cm³/mol. The fourth-order valence-corrected chi connectivity index (χ4v) is 13.8. The lowest BCUT2D eigenvalue weighted by atomic mass is 9.44. The van der Waals surface area contributed by atoms with Crippen molar-refractivity contribution in [2.45, 2.75) is 49.4 Å². The van der Waals surface area contributed by atoms with Crippen LogP contribution in [0.15, 0.2) is 158 Å². The van der Waals surface area contributed by atoms with Crippen LogP contribution >= 0.6 is 0 Å². The van der Waals surface area contributed by atoms with Gasteiger partial charge in [0.2, 0.25) is 0 Å². The second-order valence-corrected chi connectivity index (χ2v) is 18.7. The van der Waals surface area contributed by atoms with Crippen LogP contribution in [0.2, 0.25) is 0 Å². The van der Waals surface area contributed by atoms with Crippen molar-refractivity contribution < 1.29 is 4.74 Å². The predicted octanol–water partition coefficient (Wildman–Crippen LogP) is 13.0. The van der Waals surface area contributed by atoms with E-state index in [1.165, 1.54) is 71.7 Å². The number of para-hydroxylation sites is 1. The molecule has 282 valence electrons. The van der Waals surface area contributed by atoms with E-state index in [0.29, 0.717) is 28.3 Å². The number of aromatic nitrogens is 3. The van der Waals surface area contributed by atoms with E-state index in [9.17, 15) is 0 Å². The molecule has 7 aliphatic rings. The first-order valence-corrected chi connectivity index (χ1v) is 21.5. The van der Waals surface area contributed by atoms with E-state index in [2.05, 4.69) is 158 Å². The molecule has 0 saturated heterocycles. The Morgan fingerprint density at radius 3 is 1.86 bits per heavy atom. The quantitative estimate of drug-likeness (QED) is 0.179. The van der Waals surface area contributed by atoms with Gasteiger partial charge in [0.15, 0.2) is 17.5 Å². The van der Waals surface area contributed by atoms with Crippen LogP contribution in [0.3, 0.4) is 0 Å². The largest absolute Gasteiger partial charge is 0.457 e. The Bertz CT molecular complexity index is 3050. The molecule has 4 nitrogen and oxygen atoms in total. The second-order valence-electron chi connectivity index (χ2n) is 18.7. The Balaban J connectivity index is 0.944. The summed E-state index contributed by atoms with van der Waals surface area (Å²) in [6.07, 6.45) is 8.59. The van der Waals surface area contributed by atoms with E-state index in [4.69, 9.17) is 19.7 Å². The molecule has 5 saturated carbocycles.